The number of carbonyl (C=O) groups excluding carboxylic acids is 3. The minimum atomic E-state index is -0.554. The Hall–Kier alpha value is -1.43. The largest absolute Gasteiger partial charge is 0.466 e. The number of rotatable bonds is 46. The summed E-state index contributed by atoms with van der Waals surface area (Å²) < 4.78 is 12.3. The van der Waals surface area contributed by atoms with Crippen LogP contribution < -0.4 is 0 Å². The molecule has 1 atom stereocenters. The minimum Gasteiger partial charge on any atom is -0.466 e. The summed E-state index contributed by atoms with van der Waals surface area (Å²) in [4.78, 5) is 38.8. The molecule has 0 heterocycles. The van der Waals surface area contributed by atoms with Crippen LogP contribution in [0, 0.1) is 5.92 Å². The normalized spacial score (nSPS) is 12.2. The first-order valence-electron chi connectivity index (χ1n) is 25.3. The summed E-state index contributed by atoms with van der Waals surface area (Å²) in [6.07, 6.45) is 45.3. The van der Waals surface area contributed by atoms with E-state index in [-0.39, 0.29) is 30.6 Å². The summed E-state index contributed by atoms with van der Waals surface area (Å²) in [5.41, 5.74) is 0. The molecule has 1 unspecified atom stereocenters. The van der Waals surface area contributed by atoms with Gasteiger partial charge in [0.15, 0.2) is 0 Å². The molecule has 0 N–H and O–H groups in total. The maximum Gasteiger partial charge on any atom is 0.309 e. The smallest absolute Gasteiger partial charge is 0.309 e. The van der Waals surface area contributed by atoms with E-state index in [1.807, 2.05) is 0 Å². The van der Waals surface area contributed by atoms with E-state index in [0.717, 1.165) is 43.0 Å². The van der Waals surface area contributed by atoms with Crippen molar-refractivity contribution < 1.29 is 28.3 Å². The molecule has 0 saturated heterocycles. The second-order valence-electron chi connectivity index (χ2n) is 18.8. The van der Waals surface area contributed by atoms with Gasteiger partial charge in [-0.2, -0.15) is 0 Å². The predicted molar refractivity (Wildman–Crippen MR) is 245 cm³/mol. The van der Waals surface area contributed by atoms with Crippen molar-refractivity contribution in [1.29, 1.82) is 0 Å². The lowest BCUT2D eigenvalue weighted by molar-refractivity contribution is -0.870. The van der Waals surface area contributed by atoms with E-state index >= 15 is 0 Å². The molecule has 0 aliphatic carbocycles. The molecule has 0 aromatic heterocycles. The second-order valence-corrected chi connectivity index (χ2v) is 18.8. The Morgan fingerprint density at radius 2 is 0.737 bits per heavy atom. The molecule has 0 radical (unpaired) electrons. The van der Waals surface area contributed by atoms with Crippen molar-refractivity contribution in [2.24, 2.45) is 5.92 Å². The van der Waals surface area contributed by atoms with Crippen molar-refractivity contribution in [3.8, 4) is 0 Å². The van der Waals surface area contributed by atoms with Crippen LogP contribution in [0.1, 0.15) is 264 Å². The molecule has 0 bridgehead atoms. The summed E-state index contributed by atoms with van der Waals surface area (Å²) in [5, 5.41) is 0. The standard InChI is InChI=1S/C51H100NO5/c1-6-8-10-12-14-16-18-19-20-24-27-31-35-39-45-56-50(54)43-42-48(51(55)57-46-40-36-32-28-23-17-15-13-11-9-7-2)47-49(53)41-37-33-29-25-21-22-26-30-34-38-44-52(3,4)5/h48H,6-47H2,1-5H3/q+1. The molecule has 338 valence electrons. The van der Waals surface area contributed by atoms with Gasteiger partial charge < -0.3 is 14.0 Å². The summed E-state index contributed by atoms with van der Waals surface area (Å²) in [7, 11) is 6.80. The number of quaternary nitrogens is 1. The van der Waals surface area contributed by atoms with Crippen molar-refractivity contribution in [1.82, 2.24) is 0 Å². The van der Waals surface area contributed by atoms with Crippen molar-refractivity contribution in [2.45, 2.75) is 264 Å². The molecule has 0 rings (SSSR count). The van der Waals surface area contributed by atoms with Gasteiger partial charge in [-0.3, -0.25) is 14.4 Å². The molecule has 0 amide bonds. The van der Waals surface area contributed by atoms with Gasteiger partial charge in [-0.15, -0.1) is 0 Å². The van der Waals surface area contributed by atoms with Crippen LogP contribution in [0.25, 0.3) is 0 Å². The van der Waals surface area contributed by atoms with E-state index in [9.17, 15) is 14.4 Å². The molecule has 0 fully saturated rings. The number of esters is 2. The average Bonchev–Trinajstić information content (AvgIpc) is 3.18. The Labute approximate surface area is 356 Å². The van der Waals surface area contributed by atoms with Gasteiger partial charge in [0.25, 0.3) is 0 Å². The van der Waals surface area contributed by atoms with Crippen LogP contribution in [0.2, 0.25) is 0 Å². The molecule has 0 aliphatic rings. The molecule has 6 nitrogen and oxygen atoms in total. The fourth-order valence-electron chi connectivity index (χ4n) is 7.91. The summed E-state index contributed by atoms with van der Waals surface area (Å²) in [6.45, 7) is 6.64. The third kappa shape index (κ3) is 44.0. The molecule has 0 aromatic rings. The SMILES string of the molecule is CCCCCCCCCCCCCCCCOC(=O)CCC(CC(=O)CCCCCCCCCCCC[N+](C)(C)C)C(=O)OCCCCCCCCCCCCC. The van der Waals surface area contributed by atoms with Crippen molar-refractivity contribution >= 4 is 17.7 Å². The highest BCUT2D eigenvalue weighted by Crippen LogP contribution is 2.20. The summed E-state index contributed by atoms with van der Waals surface area (Å²) >= 11 is 0. The van der Waals surface area contributed by atoms with E-state index in [0.29, 0.717) is 26.1 Å². The fraction of sp³-hybridized carbons (Fsp3) is 0.941. The molecule has 0 aromatic carbocycles. The van der Waals surface area contributed by atoms with E-state index < -0.39 is 5.92 Å². The van der Waals surface area contributed by atoms with Gasteiger partial charge in [0.05, 0.1) is 46.8 Å². The summed E-state index contributed by atoms with van der Waals surface area (Å²) in [5.74, 6) is -1.00. The quantitative estimate of drug-likeness (QED) is 0.0348. The molecule has 0 saturated carbocycles. The van der Waals surface area contributed by atoms with Gasteiger partial charge in [-0.25, -0.2) is 0 Å². The first-order valence-corrected chi connectivity index (χ1v) is 25.3. The number of unbranched alkanes of at least 4 members (excludes halogenated alkanes) is 32. The topological polar surface area (TPSA) is 69.7 Å². The van der Waals surface area contributed by atoms with Gasteiger partial charge in [0.2, 0.25) is 0 Å². The fourth-order valence-corrected chi connectivity index (χ4v) is 7.91. The highest BCUT2D eigenvalue weighted by molar-refractivity contribution is 5.84. The monoisotopic (exact) mass is 807 g/mol. The van der Waals surface area contributed by atoms with E-state index in [1.165, 1.54) is 193 Å². The average molecular weight is 807 g/mol. The Morgan fingerprint density at radius 3 is 1.12 bits per heavy atom. The first-order chi connectivity index (χ1) is 27.7. The lowest BCUT2D eigenvalue weighted by Gasteiger charge is -2.23. The van der Waals surface area contributed by atoms with Crippen LogP contribution in [-0.4, -0.2) is 63.1 Å². The molecule has 6 heteroatoms. The molecule has 0 spiro atoms. The predicted octanol–water partition coefficient (Wildman–Crippen LogP) is 15.2. The first kappa shape index (κ1) is 55.6. The number of Topliss-reactive ketones (excluding diaryl/α,β-unsaturated/α-hetero) is 1. The van der Waals surface area contributed by atoms with Gasteiger partial charge >= 0.3 is 11.9 Å². The maximum absolute atomic E-state index is 13.2. The van der Waals surface area contributed by atoms with E-state index in [4.69, 9.17) is 9.47 Å². The Kier molecular flexibility index (Phi) is 41.6. The van der Waals surface area contributed by atoms with Crippen molar-refractivity contribution in [2.75, 3.05) is 40.9 Å². The van der Waals surface area contributed by atoms with Crippen molar-refractivity contribution in [3.63, 3.8) is 0 Å². The van der Waals surface area contributed by atoms with Crippen molar-refractivity contribution in [3.05, 3.63) is 0 Å². The Morgan fingerprint density at radius 1 is 0.404 bits per heavy atom. The third-order valence-corrected chi connectivity index (χ3v) is 11.8. The number of ether oxygens (including phenoxy) is 2. The lowest BCUT2D eigenvalue weighted by atomic mass is 9.94. The van der Waals surface area contributed by atoms with Gasteiger partial charge in [0, 0.05) is 19.3 Å². The molecule has 0 aliphatic heterocycles. The number of hydrogen-bond donors (Lipinski definition) is 0. The van der Waals surface area contributed by atoms with Crippen LogP contribution in [0.5, 0.6) is 0 Å². The highest BCUT2D eigenvalue weighted by atomic mass is 16.5. The Balaban J connectivity index is 4.33. The van der Waals surface area contributed by atoms with Gasteiger partial charge in [-0.1, -0.05) is 206 Å². The molecular formula is C51H100NO5+. The number of ketones is 1. The number of hydrogen-bond acceptors (Lipinski definition) is 5. The zero-order valence-corrected chi connectivity index (χ0v) is 39.3. The molecular weight excluding hydrogens is 707 g/mol. The maximum atomic E-state index is 13.2. The lowest BCUT2D eigenvalue weighted by Crippen LogP contribution is -2.35. The van der Waals surface area contributed by atoms with Crippen LogP contribution in [0.15, 0.2) is 0 Å². The van der Waals surface area contributed by atoms with Gasteiger partial charge in [-0.05, 0) is 38.5 Å². The highest BCUT2D eigenvalue weighted by Gasteiger charge is 2.24. The van der Waals surface area contributed by atoms with E-state index in [2.05, 4.69) is 35.0 Å². The zero-order chi connectivity index (χ0) is 41.9. The van der Waals surface area contributed by atoms with Crippen LogP contribution in [0.3, 0.4) is 0 Å². The zero-order valence-electron chi connectivity index (χ0n) is 39.3. The van der Waals surface area contributed by atoms with E-state index in [1.54, 1.807) is 0 Å². The minimum absolute atomic E-state index is 0.122. The summed E-state index contributed by atoms with van der Waals surface area (Å²) in [6, 6.07) is 0. The second kappa shape index (κ2) is 42.7. The Bertz CT molecular complexity index is 883. The number of carbonyl (C=O) groups is 3. The van der Waals surface area contributed by atoms with Crippen LogP contribution in [0.4, 0.5) is 0 Å². The van der Waals surface area contributed by atoms with Crippen LogP contribution >= 0.6 is 0 Å². The van der Waals surface area contributed by atoms with Crippen LogP contribution in [-0.2, 0) is 23.9 Å². The number of nitrogens with zero attached hydrogens (tertiary/aromatic N) is 1. The van der Waals surface area contributed by atoms with Gasteiger partial charge in [0.1, 0.15) is 5.78 Å². The molecule has 57 heavy (non-hydrogen) atoms. The third-order valence-electron chi connectivity index (χ3n) is 11.8.